The molecule has 1 amide bonds. The Balaban J connectivity index is 1.86. The lowest BCUT2D eigenvalue weighted by Crippen LogP contribution is -2.31. The molecule has 0 bridgehead atoms. The third-order valence-corrected chi connectivity index (χ3v) is 7.01. The van der Waals surface area contributed by atoms with Crippen molar-refractivity contribution in [3.8, 4) is 11.5 Å². The number of hydrogen-bond acceptors (Lipinski definition) is 6. The minimum atomic E-state index is -3.99. The second-order valence-electron chi connectivity index (χ2n) is 7.20. The maximum atomic E-state index is 13.7. The van der Waals surface area contributed by atoms with Crippen molar-refractivity contribution in [1.29, 1.82) is 0 Å². The van der Waals surface area contributed by atoms with Crippen LogP contribution in [-0.2, 0) is 9.84 Å². The Morgan fingerprint density at radius 1 is 1.06 bits per heavy atom. The first-order chi connectivity index (χ1) is 15.8. The van der Waals surface area contributed by atoms with Gasteiger partial charge in [-0.05, 0) is 74.9 Å². The molecule has 1 atom stereocenters. The summed E-state index contributed by atoms with van der Waals surface area (Å²) in [6, 6.07) is 11.4. The fourth-order valence-electron chi connectivity index (χ4n) is 3.28. The molecule has 0 radical (unpaired) electrons. The maximum Gasteiger partial charge on any atom is 0.251 e. The van der Waals surface area contributed by atoms with Crippen LogP contribution in [0, 0.1) is 12.7 Å². The third-order valence-electron chi connectivity index (χ3n) is 4.95. The molecular weight excluding hydrogens is 449 g/mol. The molecule has 3 aromatic rings. The first-order valence-corrected chi connectivity index (χ1v) is 12.0. The second-order valence-corrected chi connectivity index (χ2v) is 9.33. The summed E-state index contributed by atoms with van der Waals surface area (Å²) in [5, 5.41) is 1.46. The number of rotatable bonds is 10. The molecule has 3 rings (SSSR count). The predicted molar refractivity (Wildman–Crippen MR) is 121 cm³/mol. The lowest BCUT2D eigenvalue weighted by atomic mass is 10.2. The number of benzene rings is 2. The monoisotopic (exact) mass is 475 g/mol. The molecule has 0 unspecified atom stereocenters. The number of amides is 1. The standard InChI is InChI=1S/C24H26FNO6S/c1-4-30-20-11-8-17(14-22(20)31-5-2)24(27)26-15-23(21-7-6-12-32-21)33(28,29)18-9-10-19(25)16(3)13-18/h6-14,23H,4-5,15H2,1-3H3,(H,26,27)/t23-/m1/s1. The SMILES string of the molecule is CCOc1ccc(C(=O)NC[C@H](c2ccco2)S(=O)(=O)c2ccc(F)c(C)c2)cc1OCC. The van der Waals surface area contributed by atoms with Gasteiger partial charge in [0.15, 0.2) is 21.3 Å². The first kappa shape index (κ1) is 24.3. The number of hydrogen-bond donors (Lipinski definition) is 1. The van der Waals surface area contributed by atoms with E-state index in [0.29, 0.717) is 24.7 Å². The molecule has 1 N–H and O–H groups in total. The predicted octanol–water partition coefficient (Wildman–Crippen LogP) is 4.47. The summed E-state index contributed by atoms with van der Waals surface area (Å²) in [5.41, 5.74) is 0.492. The van der Waals surface area contributed by atoms with E-state index >= 15 is 0 Å². The molecule has 33 heavy (non-hydrogen) atoms. The summed E-state index contributed by atoms with van der Waals surface area (Å²) in [7, 11) is -3.99. The number of halogens is 1. The normalized spacial score (nSPS) is 12.2. The molecule has 0 spiro atoms. The van der Waals surface area contributed by atoms with Crippen LogP contribution in [0.15, 0.2) is 64.1 Å². The Morgan fingerprint density at radius 3 is 2.42 bits per heavy atom. The number of aryl methyl sites for hydroxylation is 1. The highest BCUT2D eigenvalue weighted by atomic mass is 32.2. The van der Waals surface area contributed by atoms with Crippen LogP contribution in [0.3, 0.4) is 0 Å². The van der Waals surface area contributed by atoms with Crippen molar-refractivity contribution in [2.75, 3.05) is 19.8 Å². The van der Waals surface area contributed by atoms with Gasteiger partial charge in [-0.1, -0.05) is 0 Å². The summed E-state index contributed by atoms with van der Waals surface area (Å²) in [6.07, 6.45) is 1.36. The second kappa shape index (κ2) is 10.5. The summed E-state index contributed by atoms with van der Waals surface area (Å²) in [4.78, 5) is 12.8. The summed E-state index contributed by atoms with van der Waals surface area (Å²) < 4.78 is 56.7. The van der Waals surface area contributed by atoms with Crippen molar-refractivity contribution >= 4 is 15.7 Å². The smallest absolute Gasteiger partial charge is 0.251 e. The van der Waals surface area contributed by atoms with Crippen LogP contribution in [-0.4, -0.2) is 34.1 Å². The van der Waals surface area contributed by atoms with Gasteiger partial charge in [0.25, 0.3) is 5.91 Å². The Labute approximate surface area is 192 Å². The largest absolute Gasteiger partial charge is 0.490 e. The molecule has 1 heterocycles. The highest BCUT2D eigenvalue weighted by Crippen LogP contribution is 2.31. The minimum Gasteiger partial charge on any atom is -0.490 e. The van der Waals surface area contributed by atoms with Crippen molar-refractivity contribution < 1.29 is 31.5 Å². The highest BCUT2D eigenvalue weighted by Gasteiger charge is 2.32. The molecule has 9 heteroatoms. The zero-order chi connectivity index (χ0) is 24.0. The van der Waals surface area contributed by atoms with Gasteiger partial charge in [0.05, 0.1) is 24.4 Å². The van der Waals surface area contributed by atoms with Gasteiger partial charge in [0.2, 0.25) is 0 Å². The van der Waals surface area contributed by atoms with E-state index in [1.807, 2.05) is 13.8 Å². The van der Waals surface area contributed by atoms with Crippen LogP contribution < -0.4 is 14.8 Å². The molecule has 0 fully saturated rings. The van der Waals surface area contributed by atoms with Gasteiger partial charge in [-0.25, -0.2) is 12.8 Å². The quantitative estimate of drug-likeness (QED) is 0.435. The van der Waals surface area contributed by atoms with Gasteiger partial charge < -0.3 is 19.2 Å². The van der Waals surface area contributed by atoms with Crippen LogP contribution in [0.4, 0.5) is 4.39 Å². The number of sulfone groups is 1. The van der Waals surface area contributed by atoms with E-state index in [2.05, 4.69) is 5.32 Å². The van der Waals surface area contributed by atoms with E-state index < -0.39 is 26.8 Å². The number of nitrogens with one attached hydrogen (secondary N) is 1. The van der Waals surface area contributed by atoms with Crippen LogP contribution in [0.1, 0.15) is 40.8 Å². The fraction of sp³-hybridized carbons (Fsp3) is 0.292. The van der Waals surface area contributed by atoms with Gasteiger partial charge >= 0.3 is 0 Å². The average Bonchev–Trinajstić information content (AvgIpc) is 3.31. The molecule has 0 aliphatic carbocycles. The molecule has 0 aliphatic rings. The van der Waals surface area contributed by atoms with Gasteiger partial charge in [-0.2, -0.15) is 0 Å². The zero-order valence-corrected chi connectivity index (χ0v) is 19.4. The topological polar surface area (TPSA) is 94.8 Å². The number of furan rings is 1. The Kier molecular flexibility index (Phi) is 7.75. The van der Waals surface area contributed by atoms with Crippen LogP contribution in [0.25, 0.3) is 0 Å². The molecule has 1 aromatic heterocycles. The van der Waals surface area contributed by atoms with Gasteiger partial charge in [0, 0.05) is 12.1 Å². The van der Waals surface area contributed by atoms with Crippen molar-refractivity contribution in [2.45, 2.75) is 30.9 Å². The number of carbonyl (C=O) groups excluding carboxylic acids is 1. The van der Waals surface area contributed by atoms with Crippen molar-refractivity contribution in [3.05, 3.63) is 77.5 Å². The molecule has 2 aromatic carbocycles. The average molecular weight is 476 g/mol. The lowest BCUT2D eigenvalue weighted by Gasteiger charge is -2.18. The van der Waals surface area contributed by atoms with Gasteiger partial charge in [-0.15, -0.1) is 0 Å². The molecule has 176 valence electrons. The van der Waals surface area contributed by atoms with E-state index in [9.17, 15) is 17.6 Å². The van der Waals surface area contributed by atoms with Crippen molar-refractivity contribution in [2.24, 2.45) is 0 Å². The first-order valence-electron chi connectivity index (χ1n) is 10.5. The van der Waals surface area contributed by atoms with E-state index in [1.165, 1.54) is 31.4 Å². The van der Waals surface area contributed by atoms with E-state index in [1.54, 1.807) is 24.3 Å². The molecule has 0 aliphatic heterocycles. The molecular formula is C24H26FNO6S. The highest BCUT2D eigenvalue weighted by molar-refractivity contribution is 7.91. The third kappa shape index (κ3) is 5.54. The fourth-order valence-corrected chi connectivity index (χ4v) is 4.95. The van der Waals surface area contributed by atoms with E-state index in [4.69, 9.17) is 13.9 Å². The zero-order valence-electron chi connectivity index (χ0n) is 18.6. The van der Waals surface area contributed by atoms with Crippen LogP contribution >= 0.6 is 0 Å². The Bertz CT molecular complexity index is 1210. The molecule has 0 saturated carbocycles. The van der Waals surface area contributed by atoms with Crippen molar-refractivity contribution in [3.63, 3.8) is 0 Å². The van der Waals surface area contributed by atoms with Gasteiger partial charge in [-0.3, -0.25) is 4.79 Å². The van der Waals surface area contributed by atoms with E-state index in [0.717, 1.165) is 6.07 Å². The number of ether oxygens (including phenoxy) is 2. The van der Waals surface area contributed by atoms with Crippen molar-refractivity contribution in [1.82, 2.24) is 5.32 Å². The summed E-state index contributed by atoms with van der Waals surface area (Å²) >= 11 is 0. The summed E-state index contributed by atoms with van der Waals surface area (Å²) in [6.45, 7) is 5.73. The number of carbonyl (C=O) groups is 1. The molecule has 7 nitrogen and oxygen atoms in total. The Hall–Kier alpha value is -3.33. The maximum absolute atomic E-state index is 13.7. The van der Waals surface area contributed by atoms with Gasteiger partial charge in [0.1, 0.15) is 16.8 Å². The van der Waals surface area contributed by atoms with E-state index in [-0.39, 0.29) is 28.3 Å². The van der Waals surface area contributed by atoms with Crippen LogP contribution in [0.5, 0.6) is 11.5 Å². The molecule has 0 saturated heterocycles. The Morgan fingerprint density at radius 2 is 1.79 bits per heavy atom. The van der Waals surface area contributed by atoms with Crippen LogP contribution in [0.2, 0.25) is 0 Å². The summed E-state index contributed by atoms with van der Waals surface area (Å²) in [5.74, 6) is 0.111. The minimum absolute atomic E-state index is 0.0586. The lowest BCUT2D eigenvalue weighted by molar-refractivity contribution is 0.0952.